The molecule has 8 nitrogen and oxygen atoms in total. The van der Waals surface area contributed by atoms with E-state index in [1.165, 1.54) is 0 Å². The Morgan fingerprint density at radius 2 is 1.93 bits per heavy atom. The Labute approximate surface area is 80.6 Å². The van der Waals surface area contributed by atoms with Crippen molar-refractivity contribution in [1.29, 1.82) is 0 Å². The minimum absolute atomic E-state index is 0.140. The summed E-state index contributed by atoms with van der Waals surface area (Å²) in [5.74, 6) is 4.55. The van der Waals surface area contributed by atoms with Crippen LogP contribution in [0.5, 0.6) is 0 Å². The first kappa shape index (κ1) is 14.2. The quantitative estimate of drug-likeness (QED) is 0.308. The lowest BCUT2D eigenvalue weighted by Gasteiger charge is -2.22. The Morgan fingerprint density at radius 1 is 1.43 bits per heavy atom. The highest BCUT2D eigenvalue weighted by atomic mass is 31.2. The van der Waals surface area contributed by atoms with Crippen LogP contribution in [-0.4, -0.2) is 20.4 Å². The first-order valence-corrected chi connectivity index (χ1v) is 6.97. The second-order valence-electron chi connectivity index (χ2n) is 2.59. The average Bonchev–Trinajstić information content (AvgIpc) is 2.11. The first-order chi connectivity index (χ1) is 6.31. The second kappa shape index (κ2) is 5.34. The average molecular weight is 249 g/mol. The summed E-state index contributed by atoms with van der Waals surface area (Å²) in [7, 11) is -9.06. The molecule has 10 heteroatoms. The monoisotopic (exact) mass is 249 g/mol. The van der Waals surface area contributed by atoms with Gasteiger partial charge in [-0.15, -0.1) is 4.67 Å². The van der Waals surface area contributed by atoms with Gasteiger partial charge in [-0.05, 0) is 6.42 Å². The summed E-state index contributed by atoms with van der Waals surface area (Å²) in [6.45, 7) is 1.61. The highest BCUT2D eigenvalue weighted by molar-refractivity contribution is 7.71. The number of hydrogen-bond donors (Lipinski definition) is 4. The van der Waals surface area contributed by atoms with Crippen molar-refractivity contribution in [3.8, 4) is 0 Å². The Morgan fingerprint density at radius 3 is 2.14 bits per heavy atom. The summed E-state index contributed by atoms with van der Waals surface area (Å²) >= 11 is 0. The Bertz CT molecular complexity index is 254. The first-order valence-electron chi connectivity index (χ1n) is 3.68. The summed E-state index contributed by atoms with van der Waals surface area (Å²) < 4.78 is 29.5. The molecular formula is C4H13NO7P2. The van der Waals surface area contributed by atoms with Crippen molar-refractivity contribution in [2.45, 2.75) is 25.2 Å². The van der Waals surface area contributed by atoms with Crippen molar-refractivity contribution in [2.24, 2.45) is 5.90 Å². The van der Waals surface area contributed by atoms with E-state index in [4.69, 9.17) is 15.0 Å². The molecule has 2 atom stereocenters. The number of nitrogens with two attached hydrogens (primary N) is 1. The molecule has 0 aromatic rings. The van der Waals surface area contributed by atoms with E-state index in [1.54, 1.807) is 6.92 Å². The van der Waals surface area contributed by atoms with Crippen molar-refractivity contribution in [2.75, 3.05) is 0 Å². The smallest absolute Gasteiger partial charge is 0.324 e. The molecule has 86 valence electrons. The largest absolute Gasteiger partial charge is 0.388 e. The van der Waals surface area contributed by atoms with Gasteiger partial charge in [0.15, 0.2) is 5.40 Å². The van der Waals surface area contributed by atoms with Gasteiger partial charge in [0.1, 0.15) is 0 Å². The van der Waals surface area contributed by atoms with Crippen LogP contribution >= 0.6 is 15.2 Å². The summed E-state index contributed by atoms with van der Waals surface area (Å²) in [5, 5.41) is 6.49. The van der Waals surface area contributed by atoms with Crippen LogP contribution in [-0.2, 0) is 18.4 Å². The van der Waals surface area contributed by atoms with Gasteiger partial charge < -0.3 is 9.79 Å². The van der Waals surface area contributed by atoms with Gasteiger partial charge in [0.2, 0.25) is 0 Å². The van der Waals surface area contributed by atoms with E-state index < -0.39 is 20.6 Å². The molecule has 2 unspecified atom stereocenters. The standard InChI is InChI=1S/C4H13NO7P2/c1-2-3-4(13(7,8)9)14(10,11-5)12-6/h4,6H,2-3,5H2,1H3,(H2,7,8,9). The molecule has 0 aliphatic rings. The number of rotatable bonds is 6. The van der Waals surface area contributed by atoms with Gasteiger partial charge in [0, 0.05) is 0 Å². The summed E-state index contributed by atoms with van der Waals surface area (Å²) in [4.78, 5) is 17.6. The van der Waals surface area contributed by atoms with Gasteiger partial charge in [0.25, 0.3) is 0 Å². The lowest BCUT2D eigenvalue weighted by atomic mass is 10.4. The molecular weight excluding hydrogens is 236 g/mol. The molecule has 0 aliphatic carbocycles. The molecule has 0 saturated heterocycles. The summed E-state index contributed by atoms with van der Waals surface area (Å²) in [6.07, 6.45) is 0.186. The van der Waals surface area contributed by atoms with Crippen LogP contribution in [0.4, 0.5) is 0 Å². The molecule has 0 saturated carbocycles. The van der Waals surface area contributed by atoms with Crippen LogP contribution in [0.25, 0.3) is 0 Å². The third-order valence-electron chi connectivity index (χ3n) is 1.56. The molecule has 0 aromatic heterocycles. The Balaban J connectivity index is 5.00. The fraction of sp³-hybridized carbons (Fsp3) is 1.00. The third-order valence-corrected chi connectivity index (χ3v) is 5.86. The zero-order valence-electron chi connectivity index (χ0n) is 7.44. The van der Waals surface area contributed by atoms with Crippen molar-refractivity contribution in [3.05, 3.63) is 0 Å². The van der Waals surface area contributed by atoms with Crippen LogP contribution in [0.15, 0.2) is 0 Å². The molecule has 0 aliphatic heterocycles. The van der Waals surface area contributed by atoms with Gasteiger partial charge in [0.05, 0.1) is 0 Å². The highest BCUT2D eigenvalue weighted by Gasteiger charge is 2.47. The summed E-state index contributed by atoms with van der Waals surface area (Å²) in [5.41, 5.74) is 0. The fourth-order valence-electron chi connectivity index (χ4n) is 0.913. The molecule has 0 amide bonds. The van der Waals surface area contributed by atoms with Crippen molar-refractivity contribution < 1.29 is 33.5 Å². The van der Waals surface area contributed by atoms with Gasteiger partial charge in [-0.1, -0.05) is 13.3 Å². The molecule has 0 bridgehead atoms. The van der Waals surface area contributed by atoms with E-state index in [0.717, 1.165) is 0 Å². The predicted molar refractivity (Wildman–Crippen MR) is 47.3 cm³/mol. The minimum atomic E-state index is -4.70. The van der Waals surface area contributed by atoms with E-state index in [0.29, 0.717) is 6.42 Å². The maximum absolute atomic E-state index is 11.4. The van der Waals surface area contributed by atoms with Crippen LogP contribution < -0.4 is 5.90 Å². The normalized spacial score (nSPS) is 18.9. The molecule has 0 rings (SSSR count). The molecule has 0 spiro atoms. The lowest BCUT2D eigenvalue weighted by Crippen LogP contribution is -2.15. The van der Waals surface area contributed by atoms with Crippen LogP contribution in [0, 0.1) is 0 Å². The third kappa shape index (κ3) is 3.42. The van der Waals surface area contributed by atoms with E-state index in [9.17, 15) is 9.13 Å². The van der Waals surface area contributed by atoms with Crippen LogP contribution in [0.3, 0.4) is 0 Å². The van der Waals surface area contributed by atoms with Gasteiger partial charge in [-0.2, -0.15) is 0 Å². The molecule has 0 aromatic carbocycles. The Kier molecular flexibility index (Phi) is 5.43. The van der Waals surface area contributed by atoms with Crippen molar-refractivity contribution >= 4 is 15.2 Å². The molecule has 0 heterocycles. The van der Waals surface area contributed by atoms with Crippen LogP contribution in [0.2, 0.25) is 0 Å². The second-order valence-corrected chi connectivity index (χ2v) is 6.87. The van der Waals surface area contributed by atoms with E-state index in [1.807, 2.05) is 0 Å². The molecule has 5 N–H and O–H groups in total. The zero-order chi connectivity index (χ0) is 11.4. The lowest BCUT2D eigenvalue weighted by molar-refractivity contribution is -0.150. The molecule has 0 radical (unpaired) electrons. The predicted octanol–water partition coefficient (Wildman–Crippen LogP) is 0.863. The van der Waals surface area contributed by atoms with Gasteiger partial charge in [-0.25, -0.2) is 15.8 Å². The van der Waals surface area contributed by atoms with E-state index in [-0.39, 0.29) is 6.42 Å². The fourth-order valence-corrected chi connectivity index (χ4v) is 4.13. The molecule has 14 heavy (non-hydrogen) atoms. The maximum Gasteiger partial charge on any atom is 0.388 e. The topological polar surface area (TPSA) is 139 Å². The van der Waals surface area contributed by atoms with E-state index in [2.05, 4.69) is 15.2 Å². The maximum atomic E-state index is 11.4. The van der Waals surface area contributed by atoms with E-state index >= 15 is 0 Å². The SMILES string of the molecule is CCCC(P(=O)(O)O)P(=O)(ON)OO. The zero-order valence-corrected chi connectivity index (χ0v) is 9.23. The highest BCUT2D eigenvalue weighted by Crippen LogP contribution is 2.66. The van der Waals surface area contributed by atoms with Crippen molar-refractivity contribution in [1.82, 2.24) is 0 Å². The van der Waals surface area contributed by atoms with Crippen molar-refractivity contribution in [3.63, 3.8) is 0 Å². The van der Waals surface area contributed by atoms with Crippen LogP contribution in [0.1, 0.15) is 19.8 Å². The van der Waals surface area contributed by atoms with Gasteiger partial charge in [-0.3, -0.25) is 9.13 Å². The Hall–Kier alpha value is 0.220. The number of hydrogen-bond acceptors (Lipinski definition) is 6. The molecule has 0 fully saturated rings. The van der Waals surface area contributed by atoms with Gasteiger partial charge >= 0.3 is 15.2 Å². The minimum Gasteiger partial charge on any atom is -0.324 e. The summed E-state index contributed by atoms with van der Waals surface area (Å²) in [6, 6.07) is 0.